The Balaban J connectivity index is 2.11. The molecule has 0 aliphatic heterocycles. The van der Waals surface area contributed by atoms with Crippen LogP contribution in [0.4, 0.5) is 10.7 Å². The largest absolute Gasteiger partial charge is 0.449 e. The molecule has 0 radical (unpaired) electrons. The van der Waals surface area contributed by atoms with E-state index >= 15 is 0 Å². The summed E-state index contributed by atoms with van der Waals surface area (Å²) in [5.41, 5.74) is 1.64. The summed E-state index contributed by atoms with van der Waals surface area (Å²) in [6.07, 6.45) is -0.975. The number of hydrogen-bond acceptors (Lipinski definition) is 5. The van der Waals surface area contributed by atoms with Crippen molar-refractivity contribution in [1.29, 1.82) is 0 Å². The molecular formula is C18H20N2O4S. The summed E-state index contributed by atoms with van der Waals surface area (Å²) >= 11 is 1.30. The van der Waals surface area contributed by atoms with Gasteiger partial charge in [-0.15, -0.1) is 11.3 Å². The van der Waals surface area contributed by atoms with Crippen molar-refractivity contribution in [3.05, 3.63) is 46.3 Å². The smallest absolute Gasteiger partial charge is 0.342 e. The molecule has 2 aromatic rings. The zero-order valence-electron chi connectivity index (χ0n) is 14.5. The number of thiophene rings is 1. The zero-order valence-corrected chi connectivity index (χ0v) is 15.3. The molecule has 1 aromatic heterocycles. The maximum Gasteiger partial charge on any atom is 0.342 e. The third-order valence-electron chi connectivity index (χ3n) is 3.57. The second-order valence-corrected chi connectivity index (χ2v) is 6.80. The van der Waals surface area contributed by atoms with Crippen molar-refractivity contribution >= 4 is 39.8 Å². The highest BCUT2D eigenvalue weighted by Crippen LogP contribution is 2.33. The Hall–Kier alpha value is -2.67. The van der Waals surface area contributed by atoms with Gasteiger partial charge in [0, 0.05) is 17.5 Å². The Labute approximate surface area is 150 Å². The van der Waals surface area contributed by atoms with Gasteiger partial charge in [0.05, 0.1) is 5.56 Å². The van der Waals surface area contributed by atoms with E-state index in [1.54, 1.807) is 31.2 Å². The van der Waals surface area contributed by atoms with Crippen molar-refractivity contribution in [1.82, 2.24) is 0 Å². The first-order valence-corrected chi connectivity index (χ1v) is 8.55. The van der Waals surface area contributed by atoms with Crippen LogP contribution in [0.25, 0.3) is 0 Å². The quantitative estimate of drug-likeness (QED) is 0.799. The molecule has 2 rings (SSSR count). The Morgan fingerprint density at radius 1 is 1.08 bits per heavy atom. The maximum absolute atomic E-state index is 12.5. The van der Waals surface area contributed by atoms with Crippen LogP contribution in [0.5, 0.6) is 0 Å². The van der Waals surface area contributed by atoms with Crippen molar-refractivity contribution in [2.75, 3.05) is 10.6 Å². The molecular weight excluding hydrogens is 340 g/mol. The predicted molar refractivity (Wildman–Crippen MR) is 98.0 cm³/mol. The number of carbonyl (C=O) groups is 3. The minimum atomic E-state index is -0.975. The lowest BCUT2D eigenvalue weighted by Gasteiger charge is -2.14. The highest BCUT2D eigenvalue weighted by Gasteiger charge is 2.25. The van der Waals surface area contributed by atoms with E-state index in [1.165, 1.54) is 25.2 Å². The first kappa shape index (κ1) is 18.7. The van der Waals surface area contributed by atoms with Crippen molar-refractivity contribution in [3.8, 4) is 0 Å². The average Bonchev–Trinajstić information content (AvgIpc) is 2.81. The fourth-order valence-electron chi connectivity index (χ4n) is 2.16. The summed E-state index contributed by atoms with van der Waals surface area (Å²) in [5, 5.41) is 5.75. The van der Waals surface area contributed by atoms with E-state index in [1.807, 2.05) is 13.0 Å². The van der Waals surface area contributed by atoms with Crippen molar-refractivity contribution in [2.24, 2.45) is 0 Å². The lowest BCUT2D eigenvalue weighted by atomic mass is 10.1. The van der Waals surface area contributed by atoms with Gasteiger partial charge in [0.25, 0.3) is 5.91 Å². The number of amides is 2. The van der Waals surface area contributed by atoms with Gasteiger partial charge < -0.3 is 15.4 Å². The topological polar surface area (TPSA) is 84.5 Å². The van der Waals surface area contributed by atoms with E-state index < -0.39 is 18.0 Å². The normalized spacial score (nSPS) is 11.5. The van der Waals surface area contributed by atoms with Crippen LogP contribution in [0.2, 0.25) is 0 Å². The third-order valence-corrected chi connectivity index (χ3v) is 4.70. The van der Waals surface area contributed by atoms with Crippen LogP contribution in [0, 0.1) is 13.8 Å². The first-order valence-electron chi connectivity index (χ1n) is 7.74. The number of esters is 1. The van der Waals surface area contributed by atoms with Gasteiger partial charge in [-0.1, -0.05) is 18.2 Å². The summed E-state index contributed by atoms with van der Waals surface area (Å²) in [5.74, 6) is -1.34. The Morgan fingerprint density at radius 3 is 2.32 bits per heavy atom. The lowest BCUT2D eigenvalue weighted by Crippen LogP contribution is -2.30. The minimum absolute atomic E-state index is 0.273. The molecule has 0 unspecified atom stereocenters. The van der Waals surface area contributed by atoms with Crippen LogP contribution in [0.1, 0.15) is 34.6 Å². The van der Waals surface area contributed by atoms with Crippen LogP contribution in [-0.2, 0) is 14.3 Å². The molecule has 25 heavy (non-hydrogen) atoms. The summed E-state index contributed by atoms with van der Waals surface area (Å²) in [7, 11) is 0. The van der Waals surface area contributed by atoms with Gasteiger partial charge in [-0.3, -0.25) is 9.59 Å². The molecule has 0 saturated heterocycles. The first-order chi connectivity index (χ1) is 11.8. The highest BCUT2D eigenvalue weighted by atomic mass is 32.1. The standard InChI is InChI=1S/C18H20N2O4S/c1-10-12(3)25-17(19-13(4)21)15(10)18(23)24-11(2)16(22)20-14-8-6-5-7-9-14/h5-9,11H,1-4H3,(H,19,21)(H,20,22)/t11-/m1/s1. The molecule has 132 valence electrons. The molecule has 2 N–H and O–H groups in total. The molecule has 0 aliphatic rings. The van der Waals surface area contributed by atoms with Crippen molar-refractivity contribution in [2.45, 2.75) is 33.8 Å². The summed E-state index contributed by atoms with van der Waals surface area (Å²) in [6, 6.07) is 8.92. The maximum atomic E-state index is 12.5. The average molecular weight is 360 g/mol. The molecule has 0 bridgehead atoms. The molecule has 1 aromatic carbocycles. The SMILES string of the molecule is CC(=O)Nc1sc(C)c(C)c1C(=O)O[C@H](C)C(=O)Nc1ccccc1. The monoisotopic (exact) mass is 360 g/mol. The Kier molecular flexibility index (Phi) is 5.93. The second-order valence-electron chi connectivity index (χ2n) is 5.57. The van der Waals surface area contributed by atoms with Crippen LogP contribution in [-0.4, -0.2) is 23.9 Å². The van der Waals surface area contributed by atoms with E-state index in [0.29, 0.717) is 10.7 Å². The zero-order chi connectivity index (χ0) is 18.6. The van der Waals surface area contributed by atoms with Crippen molar-refractivity contribution in [3.63, 3.8) is 0 Å². The van der Waals surface area contributed by atoms with E-state index in [-0.39, 0.29) is 11.5 Å². The Morgan fingerprint density at radius 2 is 1.72 bits per heavy atom. The number of hydrogen-bond donors (Lipinski definition) is 2. The molecule has 1 heterocycles. The van der Waals surface area contributed by atoms with Gasteiger partial charge in [0.15, 0.2) is 6.10 Å². The van der Waals surface area contributed by atoms with Crippen LogP contribution in [0.15, 0.2) is 30.3 Å². The van der Waals surface area contributed by atoms with Gasteiger partial charge >= 0.3 is 5.97 Å². The molecule has 0 fully saturated rings. The molecule has 0 saturated carbocycles. The van der Waals surface area contributed by atoms with Gasteiger partial charge in [-0.2, -0.15) is 0 Å². The molecule has 7 heteroatoms. The highest BCUT2D eigenvalue weighted by molar-refractivity contribution is 7.16. The number of benzene rings is 1. The fourth-order valence-corrected chi connectivity index (χ4v) is 3.25. The van der Waals surface area contributed by atoms with Crippen molar-refractivity contribution < 1.29 is 19.1 Å². The number of para-hydroxylation sites is 1. The number of anilines is 2. The van der Waals surface area contributed by atoms with E-state index in [2.05, 4.69) is 10.6 Å². The van der Waals surface area contributed by atoms with Crippen LogP contribution < -0.4 is 10.6 Å². The number of nitrogens with one attached hydrogen (secondary N) is 2. The minimum Gasteiger partial charge on any atom is -0.449 e. The number of aryl methyl sites for hydroxylation is 1. The molecule has 2 amide bonds. The number of carbonyl (C=O) groups excluding carboxylic acids is 3. The fraction of sp³-hybridized carbons (Fsp3) is 0.278. The van der Waals surface area contributed by atoms with Gasteiger partial charge in [-0.25, -0.2) is 4.79 Å². The number of rotatable bonds is 5. The lowest BCUT2D eigenvalue weighted by molar-refractivity contribution is -0.123. The summed E-state index contributed by atoms with van der Waals surface area (Å²) in [6.45, 7) is 6.51. The second kappa shape index (κ2) is 7.94. The summed E-state index contributed by atoms with van der Waals surface area (Å²) in [4.78, 5) is 36.9. The number of ether oxygens (including phenoxy) is 1. The molecule has 6 nitrogen and oxygen atoms in total. The Bertz CT molecular complexity index is 799. The van der Waals surface area contributed by atoms with Crippen LogP contribution in [0.3, 0.4) is 0 Å². The summed E-state index contributed by atoms with van der Waals surface area (Å²) < 4.78 is 5.29. The van der Waals surface area contributed by atoms with E-state index in [4.69, 9.17) is 4.74 Å². The van der Waals surface area contributed by atoms with E-state index in [9.17, 15) is 14.4 Å². The van der Waals surface area contributed by atoms with Crippen LogP contribution >= 0.6 is 11.3 Å². The molecule has 0 spiro atoms. The third kappa shape index (κ3) is 4.67. The van der Waals surface area contributed by atoms with E-state index in [0.717, 1.165) is 10.4 Å². The van der Waals surface area contributed by atoms with Gasteiger partial charge in [-0.05, 0) is 38.5 Å². The predicted octanol–water partition coefficient (Wildman–Crippen LogP) is 3.51. The van der Waals surface area contributed by atoms with Gasteiger partial charge in [0.2, 0.25) is 5.91 Å². The van der Waals surface area contributed by atoms with Gasteiger partial charge in [0.1, 0.15) is 5.00 Å². The molecule has 1 atom stereocenters. The molecule has 0 aliphatic carbocycles.